The van der Waals surface area contributed by atoms with Crippen LogP contribution in [0.5, 0.6) is 0 Å². The van der Waals surface area contributed by atoms with Crippen LogP contribution in [0.15, 0.2) is 131 Å². The van der Waals surface area contributed by atoms with E-state index in [0.717, 1.165) is 69.0 Å². The number of benzene rings is 4. The number of nitrogens with zero attached hydrogens (tertiary/aromatic N) is 2. The van der Waals surface area contributed by atoms with Crippen molar-refractivity contribution in [2.75, 3.05) is 13.1 Å². The van der Waals surface area contributed by atoms with E-state index in [1.54, 1.807) is 0 Å². The van der Waals surface area contributed by atoms with Crippen LogP contribution in [0.3, 0.4) is 0 Å². The van der Waals surface area contributed by atoms with Gasteiger partial charge in [-0.15, -0.1) is 0 Å². The Labute approximate surface area is 251 Å². The summed E-state index contributed by atoms with van der Waals surface area (Å²) < 4.78 is 6.39. The summed E-state index contributed by atoms with van der Waals surface area (Å²) in [6, 6.07) is 28.9. The van der Waals surface area contributed by atoms with Crippen molar-refractivity contribution in [1.29, 1.82) is 0 Å². The van der Waals surface area contributed by atoms with Crippen molar-refractivity contribution >= 4 is 38.5 Å². The van der Waals surface area contributed by atoms with Crippen LogP contribution in [0.25, 0.3) is 43.8 Å². The summed E-state index contributed by atoms with van der Waals surface area (Å²) >= 11 is 0. The Hall–Kier alpha value is -5.00. The Morgan fingerprint density at radius 2 is 1.84 bits per heavy atom. The van der Waals surface area contributed by atoms with Gasteiger partial charge in [0.15, 0.2) is 0 Å². The van der Waals surface area contributed by atoms with Crippen molar-refractivity contribution in [1.82, 2.24) is 10.3 Å². The van der Waals surface area contributed by atoms with Gasteiger partial charge in [0.05, 0.1) is 6.04 Å². The van der Waals surface area contributed by atoms with Crippen LogP contribution in [0.2, 0.25) is 0 Å². The zero-order chi connectivity index (χ0) is 29.2. The van der Waals surface area contributed by atoms with Gasteiger partial charge >= 0.3 is 0 Å². The number of hydrogen-bond acceptors (Lipinski definition) is 4. The fraction of sp³-hybridized carbons (Fsp3) is 0.158. The third kappa shape index (κ3) is 5.47. The van der Waals surface area contributed by atoms with Crippen LogP contribution in [0.1, 0.15) is 35.6 Å². The van der Waals surface area contributed by atoms with Gasteiger partial charge in [-0.2, -0.15) is 0 Å². The Morgan fingerprint density at radius 3 is 2.70 bits per heavy atom. The molecule has 1 unspecified atom stereocenters. The summed E-state index contributed by atoms with van der Waals surface area (Å²) in [4.78, 5) is 9.68. The van der Waals surface area contributed by atoms with Gasteiger partial charge in [0.2, 0.25) is 0 Å². The van der Waals surface area contributed by atoms with Crippen molar-refractivity contribution in [2.45, 2.75) is 25.8 Å². The topological polar surface area (TPSA) is 76.4 Å². The van der Waals surface area contributed by atoms with E-state index in [9.17, 15) is 0 Å². The number of allylic oxidation sites excluding steroid dienone is 2. The number of nitrogens with two attached hydrogens (primary N) is 1. The highest BCUT2D eigenvalue weighted by Gasteiger charge is 2.20. The van der Waals surface area contributed by atoms with Gasteiger partial charge in [-0.05, 0) is 66.1 Å². The van der Waals surface area contributed by atoms with E-state index >= 15 is 0 Å². The first-order chi connectivity index (χ1) is 21.1. The molecule has 2 heterocycles. The van der Waals surface area contributed by atoms with Gasteiger partial charge in [-0.25, -0.2) is 0 Å². The number of nitrogens with one attached hydrogen (secondary N) is 1. The normalized spacial score (nSPS) is 14.4. The standard InChI is InChI=1S/C38H34N4O/c1-25-15-17-30-29(19-25)22-41-23-33(30)28-16-18-35-32(20-28)37-31(13-8-14-36(37)43-35)34(24-40-21-26-9-4-2-5-10-26)42-38(39)27-11-6-3-7-12-27/h3-4,6-20,22-23,34,40H,2,5,21,24H2,1H3,(H2,39,42). The molecule has 0 spiro atoms. The molecule has 7 rings (SSSR count). The maximum Gasteiger partial charge on any atom is 0.135 e. The average Bonchev–Trinajstić information content (AvgIpc) is 3.43. The largest absolute Gasteiger partial charge is 0.456 e. The smallest absolute Gasteiger partial charge is 0.135 e. The van der Waals surface area contributed by atoms with E-state index in [1.807, 2.05) is 54.9 Å². The van der Waals surface area contributed by atoms with Crippen LogP contribution >= 0.6 is 0 Å². The monoisotopic (exact) mass is 562 g/mol. The Morgan fingerprint density at radius 1 is 0.930 bits per heavy atom. The molecule has 1 aliphatic rings. The number of aliphatic imine (C=N–C) groups is 1. The molecular formula is C38H34N4O. The first kappa shape index (κ1) is 26.9. The second-order valence-electron chi connectivity index (χ2n) is 11.2. The minimum atomic E-state index is -0.219. The van der Waals surface area contributed by atoms with Crippen LogP contribution in [0.4, 0.5) is 0 Å². The number of aryl methyl sites for hydroxylation is 1. The number of furan rings is 1. The molecule has 0 saturated heterocycles. The van der Waals surface area contributed by atoms with Gasteiger partial charge in [-0.3, -0.25) is 9.98 Å². The van der Waals surface area contributed by atoms with Gasteiger partial charge < -0.3 is 15.5 Å². The van der Waals surface area contributed by atoms with Gasteiger partial charge in [0.25, 0.3) is 0 Å². The number of pyridine rings is 1. The SMILES string of the molecule is Cc1ccc2c(-c3ccc4oc5cccc(C(CNCC6=CCCC=C6)N=C(N)c6ccccc6)c5c4c3)cncc2c1. The van der Waals surface area contributed by atoms with E-state index < -0.39 is 0 Å². The van der Waals surface area contributed by atoms with E-state index in [4.69, 9.17) is 15.1 Å². The number of aromatic nitrogens is 1. The second-order valence-corrected chi connectivity index (χ2v) is 11.2. The van der Waals surface area contributed by atoms with E-state index in [0.29, 0.717) is 12.4 Å². The summed E-state index contributed by atoms with van der Waals surface area (Å²) in [6.07, 6.45) is 12.8. The molecule has 2 aromatic heterocycles. The van der Waals surface area contributed by atoms with Gasteiger partial charge in [0.1, 0.15) is 17.0 Å². The van der Waals surface area contributed by atoms with Crippen LogP contribution < -0.4 is 11.1 Å². The van der Waals surface area contributed by atoms with Crippen molar-refractivity contribution in [3.8, 4) is 11.1 Å². The van der Waals surface area contributed by atoms with Crippen molar-refractivity contribution in [3.05, 3.63) is 138 Å². The summed E-state index contributed by atoms with van der Waals surface area (Å²) in [6.45, 7) is 3.53. The lowest BCUT2D eigenvalue weighted by Gasteiger charge is -2.17. The van der Waals surface area contributed by atoms with Crippen molar-refractivity contribution in [2.24, 2.45) is 10.7 Å². The molecule has 5 nitrogen and oxygen atoms in total. The maximum atomic E-state index is 6.61. The molecule has 5 heteroatoms. The molecule has 1 atom stereocenters. The summed E-state index contributed by atoms with van der Waals surface area (Å²) in [5.41, 5.74) is 15.0. The highest BCUT2D eigenvalue weighted by molar-refractivity contribution is 6.09. The average molecular weight is 563 g/mol. The van der Waals surface area contributed by atoms with E-state index in [1.165, 1.54) is 16.5 Å². The van der Waals surface area contributed by atoms with Crippen LogP contribution in [0, 0.1) is 6.92 Å². The first-order valence-electron chi connectivity index (χ1n) is 14.9. The lowest BCUT2D eigenvalue weighted by atomic mass is 9.96. The van der Waals surface area contributed by atoms with Crippen LogP contribution in [-0.2, 0) is 0 Å². The third-order valence-corrected chi connectivity index (χ3v) is 8.21. The molecule has 0 fully saturated rings. The second kappa shape index (κ2) is 11.7. The van der Waals surface area contributed by atoms with Crippen molar-refractivity contribution in [3.63, 3.8) is 0 Å². The number of fused-ring (bicyclic) bond motifs is 4. The quantitative estimate of drug-likeness (QED) is 0.144. The van der Waals surface area contributed by atoms with Crippen LogP contribution in [-0.4, -0.2) is 23.9 Å². The molecule has 0 aliphatic heterocycles. The molecule has 0 bridgehead atoms. The highest BCUT2D eigenvalue weighted by atomic mass is 16.3. The molecule has 4 aromatic carbocycles. The zero-order valence-corrected chi connectivity index (χ0v) is 24.3. The number of amidine groups is 1. The molecule has 212 valence electrons. The Bertz CT molecular complexity index is 2030. The molecular weight excluding hydrogens is 528 g/mol. The molecule has 43 heavy (non-hydrogen) atoms. The Balaban J connectivity index is 1.34. The first-order valence-corrected chi connectivity index (χ1v) is 14.9. The minimum Gasteiger partial charge on any atom is -0.456 e. The van der Waals surface area contributed by atoms with E-state index in [-0.39, 0.29) is 6.04 Å². The minimum absolute atomic E-state index is 0.219. The molecule has 1 aliphatic carbocycles. The fourth-order valence-electron chi connectivity index (χ4n) is 6.05. The summed E-state index contributed by atoms with van der Waals surface area (Å²) in [7, 11) is 0. The predicted octanol–water partition coefficient (Wildman–Crippen LogP) is 8.42. The van der Waals surface area contributed by atoms with Gasteiger partial charge in [-0.1, -0.05) is 84.5 Å². The molecule has 0 radical (unpaired) electrons. The zero-order valence-electron chi connectivity index (χ0n) is 24.3. The van der Waals surface area contributed by atoms with Gasteiger partial charge in [0, 0.05) is 52.8 Å². The highest BCUT2D eigenvalue weighted by Crippen LogP contribution is 2.38. The summed E-state index contributed by atoms with van der Waals surface area (Å²) in [5, 5.41) is 8.10. The summed E-state index contributed by atoms with van der Waals surface area (Å²) in [5.74, 6) is 0.520. The lowest BCUT2D eigenvalue weighted by Crippen LogP contribution is -2.25. The fourth-order valence-corrected chi connectivity index (χ4v) is 6.05. The predicted molar refractivity (Wildman–Crippen MR) is 178 cm³/mol. The maximum absolute atomic E-state index is 6.61. The number of rotatable bonds is 8. The number of hydrogen-bond donors (Lipinski definition) is 2. The molecule has 6 aromatic rings. The van der Waals surface area contributed by atoms with Crippen molar-refractivity contribution < 1.29 is 4.42 Å². The Kier molecular flexibility index (Phi) is 7.32. The third-order valence-electron chi connectivity index (χ3n) is 8.21. The lowest BCUT2D eigenvalue weighted by molar-refractivity contribution is 0.627. The molecule has 0 saturated carbocycles. The molecule has 3 N–H and O–H groups in total. The molecule has 0 amide bonds. The van der Waals surface area contributed by atoms with E-state index in [2.05, 4.69) is 77.9 Å².